The monoisotopic (exact) mass is 500 g/mol. The van der Waals surface area contributed by atoms with Crippen LogP contribution < -0.4 is 10.2 Å². The highest BCUT2D eigenvalue weighted by molar-refractivity contribution is 14.0. The quantitative estimate of drug-likeness (QED) is 0.390. The number of aryl methyl sites for hydroxylation is 1. The van der Waals surface area contributed by atoms with E-state index in [1.54, 1.807) is 19.0 Å². The maximum atomic E-state index is 12.0. The zero-order chi connectivity index (χ0) is 19.2. The van der Waals surface area contributed by atoms with Crippen molar-refractivity contribution in [1.82, 2.24) is 20.1 Å². The second-order valence-corrected chi connectivity index (χ2v) is 7.72. The van der Waals surface area contributed by atoms with E-state index < -0.39 is 0 Å². The highest BCUT2D eigenvalue weighted by Gasteiger charge is 2.24. The van der Waals surface area contributed by atoms with Crippen molar-refractivity contribution in [3.8, 4) is 0 Å². The molecule has 2 heterocycles. The van der Waals surface area contributed by atoms with E-state index in [9.17, 15) is 4.79 Å². The van der Waals surface area contributed by atoms with Crippen LogP contribution in [0.1, 0.15) is 31.2 Å². The van der Waals surface area contributed by atoms with E-state index in [2.05, 4.69) is 38.1 Å². The van der Waals surface area contributed by atoms with Gasteiger partial charge in [0.05, 0.1) is 0 Å². The van der Waals surface area contributed by atoms with Crippen LogP contribution in [0.5, 0.6) is 0 Å². The molecular weight excluding hydrogens is 467 g/mol. The van der Waals surface area contributed by atoms with Crippen LogP contribution in [0, 0.1) is 6.92 Å². The molecule has 2 fully saturated rings. The Bertz CT molecular complexity index is 666. The lowest BCUT2D eigenvalue weighted by atomic mass is 10.2. The van der Waals surface area contributed by atoms with Gasteiger partial charge in [0.15, 0.2) is 5.96 Å². The van der Waals surface area contributed by atoms with Gasteiger partial charge in [0.2, 0.25) is 5.91 Å². The molecule has 2 aliphatic rings. The second kappa shape index (κ2) is 10.8. The van der Waals surface area contributed by atoms with Gasteiger partial charge < -0.3 is 20.0 Å². The van der Waals surface area contributed by atoms with Crippen molar-refractivity contribution in [1.29, 1.82) is 0 Å². The molecule has 156 valence electrons. The predicted molar refractivity (Wildman–Crippen MR) is 125 cm³/mol. The molecule has 1 aliphatic carbocycles. The van der Waals surface area contributed by atoms with Gasteiger partial charge >= 0.3 is 0 Å². The average Bonchev–Trinajstić information content (AvgIpc) is 3.18. The number of anilines is 1. The minimum absolute atomic E-state index is 0. The topological polar surface area (TPSA) is 64.1 Å². The van der Waals surface area contributed by atoms with Crippen molar-refractivity contribution in [2.75, 3.05) is 51.7 Å². The fraction of sp³-hybridized carbons (Fsp3) is 0.650. The van der Waals surface area contributed by atoms with Crippen LogP contribution in [0.2, 0.25) is 0 Å². The van der Waals surface area contributed by atoms with E-state index in [0.717, 1.165) is 38.0 Å². The molecule has 1 aromatic rings. The summed E-state index contributed by atoms with van der Waals surface area (Å²) < 4.78 is 0. The molecule has 0 unspecified atom stereocenters. The molecule has 28 heavy (non-hydrogen) atoms. The average molecular weight is 500 g/mol. The second-order valence-electron chi connectivity index (χ2n) is 7.72. The number of pyridine rings is 1. The van der Waals surface area contributed by atoms with Gasteiger partial charge in [-0.1, -0.05) is 12.8 Å². The van der Waals surface area contributed by atoms with Crippen molar-refractivity contribution in [3.05, 3.63) is 23.9 Å². The van der Waals surface area contributed by atoms with E-state index >= 15 is 0 Å². The number of aliphatic imine (C=N–C) groups is 1. The molecule has 0 aromatic carbocycles. The number of guanidine groups is 1. The zero-order valence-electron chi connectivity index (χ0n) is 17.2. The van der Waals surface area contributed by atoms with Crippen molar-refractivity contribution in [2.45, 2.75) is 38.6 Å². The third kappa shape index (κ3) is 6.22. The first-order valence-corrected chi connectivity index (χ1v) is 9.96. The van der Waals surface area contributed by atoms with Gasteiger partial charge in [0.25, 0.3) is 0 Å². The molecule has 1 saturated carbocycles. The predicted octanol–water partition coefficient (Wildman–Crippen LogP) is 2.11. The van der Waals surface area contributed by atoms with Gasteiger partial charge in [0.1, 0.15) is 12.4 Å². The molecule has 1 aliphatic heterocycles. The Balaban J connectivity index is 0.00000280. The molecule has 1 amide bonds. The van der Waals surface area contributed by atoms with E-state index in [4.69, 9.17) is 0 Å². The van der Waals surface area contributed by atoms with Gasteiger partial charge in [-0.25, -0.2) is 9.98 Å². The van der Waals surface area contributed by atoms with Crippen LogP contribution in [-0.4, -0.2) is 79.5 Å². The highest BCUT2D eigenvalue weighted by Crippen LogP contribution is 2.19. The van der Waals surface area contributed by atoms with Crippen LogP contribution in [0.15, 0.2) is 23.3 Å². The first-order chi connectivity index (χ1) is 13.0. The molecule has 1 saturated heterocycles. The van der Waals surface area contributed by atoms with Gasteiger partial charge in [-0.15, -0.1) is 24.0 Å². The lowest BCUT2D eigenvalue weighted by Crippen LogP contribution is -2.54. The number of hydrogen-bond donors (Lipinski definition) is 1. The molecule has 8 heteroatoms. The number of carbonyl (C=O) groups excluding carboxylic acids is 1. The normalized spacial score (nSPS) is 18.0. The Morgan fingerprint density at radius 3 is 2.54 bits per heavy atom. The minimum Gasteiger partial charge on any atom is -0.353 e. The molecule has 0 atom stereocenters. The summed E-state index contributed by atoms with van der Waals surface area (Å²) in [5.41, 5.74) is 1.23. The number of carbonyl (C=O) groups is 1. The number of aromatic nitrogens is 1. The molecule has 1 aromatic heterocycles. The summed E-state index contributed by atoms with van der Waals surface area (Å²) in [5, 5.41) is 3.61. The van der Waals surface area contributed by atoms with Crippen molar-refractivity contribution in [2.24, 2.45) is 4.99 Å². The fourth-order valence-electron chi connectivity index (χ4n) is 3.61. The number of nitrogens with one attached hydrogen (secondary N) is 1. The number of piperazine rings is 1. The smallest absolute Gasteiger partial charge is 0.243 e. The van der Waals surface area contributed by atoms with Crippen LogP contribution >= 0.6 is 24.0 Å². The van der Waals surface area contributed by atoms with Crippen LogP contribution in [0.4, 0.5) is 5.82 Å². The Hall–Kier alpha value is -1.58. The van der Waals surface area contributed by atoms with Gasteiger partial charge in [-0.3, -0.25) is 4.79 Å². The summed E-state index contributed by atoms with van der Waals surface area (Å²) in [6.45, 7) is 5.86. The standard InChI is InChI=1S/C20H32N6O.HI/c1-16-8-9-21-18(14-16)25-10-12-26(13-11-25)20(22-15-19(27)24(2)3)23-17-6-4-5-7-17;/h8-9,14,17H,4-7,10-13,15H2,1-3H3,(H,22,23);1H. The Labute approximate surface area is 185 Å². The van der Waals surface area contributed by atoms with E-state index in [0.29, 0.717) is 6.04 Å². The van der Waals surface area contributed by atoms with Crippen molar-refractivity contribution >= 4 is 41.7 Å². The molecular formula is C20H33IN6O. The van der Waals surface area contributed by atoms with Crippen molar-refractivity contribution in [3.63, 3.8) is 0 Å². The Kier molecular flexibility index (Phi) is 8.78. The number of halogens is 1. The first-order valence-electron chi connectivity index (χ1n) is 9.96. The van der Waals surface area contributed by atoms with E-state index in [1.165, 1.54) is 31.2 Å². The van der Waals surface area contributed by atoms with Crippen LogP contribution in [0.3, 0.4) is 0 Å². The van der Waals surface area contributed by atoms with Crippen molar-refractivity contribution < 1.29 is 4.79 Å². The number of hydrogen-bond acceptors (Lipinski definition) is 4. The van der Waals surface area contributed by atoms with Gasteiger partial charge in [-0.2, -0.15) is 0 Å². The summed E-state index contributed by atoms with van der Waals surface area (Å²) in [6.07, 6.45) is 6.79. The van der Waals surface area contributed by atoms with Gasteiger partial charge in [-0.05, 0) is 37.5 Å². The summed E-state index contributed by atoms with van der Waals surface area (Å²) >= 11 is 0. The third-order valence-electron chi connectivity index (χ3n) is 5.36. The largest absolute Gasteiger partial charge is 0.353 e. The number of rotatable bonds is 4. The van der Waals surface area contributed by atoms with Crippen LogP contribution in [-0.2, 0) is 4.79 Å². The SMILES string of the molecule is Cc1ccnc(N2CCN(C(=NCC(=O)N(C)C)NC3CCCC3)CC2)c1.I. The minimum atomic E-state index is 0. The maximum Gasteiger partial charge on any atom is 0.243 e. The maximum absolute atomic E-state index is 12.0. The number of likely N-dealkylation sites (N-methyl/N-ethyl adjacent to an activating group) is 1. The Morgan fingerprint density at radius 1 is 1.25 bits per heavy atom. The molecule has 1 N–H and O–H groups in total. The third-order valence-corrected chi connectivity index (χ3v) is 5.36. The van der Waals surface area contributed by atoms with E-state index in [1.807, 2.05) is 12.3 Å². The summed E-state index contributed by atoms with van der Waals surface area (Å²) in [5.74, 6) is 1.96. The Morgan fingerprint density at radius 2 is 1.93 bits per heavy atom. The highest BCUT2D eigenvalue weighted by atomic mass is 127. The number of nitrogens with zero attached hydrogens (tertiary/aromatic N) is 5. The number of amides is 1. The zero-order valence-corrected chi connectivity index (χ0v) is 19.6. The first kappa shape index (κ1) is 22.7. The lowest BCUT2D eigenvalue weighted by Gasteiger charge is -2.38. The molecule has 7 nitrogen and oxygen atoms in total. The van der Waals surface area contributed by atoms with Crippen LogP contribution in [0.25, 0.3) is 0 Å². The summed E-state index contributed by atoms with van der Waals surface area (Å²) in [4.78, 5) is 27.4. The summed E-state index contributed by atoms with van der Waals surface area (Å²) in [7, 11) is 3.55. The molecule has 0 radical (unpaired) electrons. The van der Waals surface area contributed by atoms with E-state index in [-0.39, 0.29) is 36.4 Å². The lowest BCUT2D eigenvalue weighted by molar-refractivity contribution is -0.127. The molecule has 0 spiro atoms. The molecule has 3 rings (SSSR count). The fourth-order valence-corrected chi connectivity index (χ4v) is 3.61. The summed E-state index contributed by atoms with van der Waals surface area (Å²) in [6, 6.07) is 4.64. The molecule has 0 bridgehead atoms. The van der Waals surface area contributed by atoms with Gasteiger partial charge in [0, 0.05) is 52.5 Å².